The standard InChI is InChI=1S/C17H22N2O2/c1-11(14-6-3-7-18-10-14)19-17(21)15-8-12-4-2-5-13(9-15)16(12)20/h3,6-7,10-13,15H,2,4-5,8-9H2,1H3,(H,19,21). The Hall–Kier alpha value is -1.71. The number of ketones is 1. The minimum atomic E-state index is -0.0383. The number of nitrogens with zero attached hydrogens (tertiary/aromatic N) is 1. The van der Waals surface area contributed by atoms with Crippen molar-refractivity contribution in [1.29, 1.82) is 0 Å². The summed E-state index contributed by atoms with van der Waals surface area (Å²) in [6.07, 6.45) is 8.06. The summed E-state index contributed by atoms with van der Waals surface area (Å²) in [5, 5.41) is 3.08. The van der Waals surface area contributed by atoms with Crippen molar-refractivity contribution in [3.63, 3.8) is 0 Å². The van der Waals surface area contributed by atoms with Crippen LogP contribution in [0.2, 0.25) is 0 Å². The van der Waals surface area contributed by atoms with E-state index in [1.54, 1.807) is 12.4 Å². The SMILES string of the molecule is CC(NC(=O)C1CC2CCCC(C1)C2=O)c1cccnc1. The first kappa shape index (κ1) is 14.2. The molecule has 1 N–H and O–H groups in total. The van der Waals surface area contributed by atoms with E-state index in [1.165, 1.54) is 0 Å². The molecule has 0 radical (unpaired) electrons. The Bertz CT molecular complexity index is 513. The summed E-state index contributed by atoms with van der Waals surface area (Å²) in [6, 6.07) is 3.81. The Morgan fingerprint density at radius 1 is 1.33 bits per heavy atom. The van der Waals surface area contributed by atoms with Crippen LogP contribution in [0.5, 0.6) is 0 Å². The fourth-order valence-electron chi connectivity index (χ4n) is 3.74. The number of hydrogen-bond donors (Lipinski definition) is 1. The lowest BCUT2D eigenvalue weighted by Crippen LogP contribution is -2.43. The molecule has 0 aromatic carbocycles. The lowest BCUT2D eigenvalue weighted by atomic mass is 9.67. The zero-order valence-corrected chi connectivity index (χ0v) is 12.4. The highest BCUT2D eigenvalue weighted by atomic mass is 16.2. The highest BCUT2D eigenvalue weighted by Crippen LogP contribution is 2.40. The Kier molecular flexibility index (Phi) is 4.04. The van der Waals surface area contributed by atoms with Gasteiger partial charge >= 0.3 is 0 Å². The van der Waals surface area contributed by atoms with Crippen LogP contribution in [0.15, 0.2) is 24.5 Å². The van der Waals surface area contributed by atoms with Gasteiger partial charge in [0.25, 0.3) is 0 Å². The van der Waals surface area contributed by atoms with Gasteiger partial charge in [0, 0.05) is 30.1 Å². The topological polar surface area (TPSA) is 59.1 Å². The van der Waals surface area contributed by atoms with Crippen LogP contribution in [0.3, 0.4) is 0 Å². The van der Waals surface area contributed by atoms with Crippen LogP contribution in [0.4, 0.5) is 0 Å². The molecule has 2 aliphatic rings. The van der Waals surface area contributed by atoms with Crippen LogP contribution >= 0.6 is 0 Å². The number of hydrogen-bond acceptors (Lipinski definition) is 3. The average Bonchev–Trinajstić information content (AvgIpc) is 2.47. The lowest BCUT2D eigenvalue weighted by Gasteiger charge is -2.37. The van der Waals surface area contributed by atoms with Crippen LogP contribution in [0, 0.1) is 17.8 Å². The van der Waals surface area contributed by atoms with Crippen molar-refractivity contribution in [2.24, 2.45) is 17.8 Å². The smallest absolute Gasteiger partial charge is 0.223 e. The van der Waals surface area contributed by atoms with Gasteiger partial charge in [-0.2, -0.15) is 0 Å². The Balaban J connectivity index is 1.62. The summed E-state index contributed by atoms with van der Waals surface area (Å²) in [6.45, 7) is 1.98. The lowest BCUT2D eigenvalue weighted by molar-refractivity contribution is -0.137. The molecule has 112 valence electrons. The predicted octanol–water partition coefficient (Wildman–Crippen LogP) is 2.65. The maximum atomic E-state index is 12.5. The van der Waals surface area contributed by atoms with E-state index >= 15 is 0 Å². The van der Waals surface area contributed by atoms with Crippen molar-refractivity contribution in [1.82, 2.24) is 10.3 Å². The van der Waals surface area contributed by atoms with Gasteiger partial charge in [-0.3, -0.25) is 14.6 Å². The molecule has 3 unspecified atom stereocenters. The molecule has 2 saturated carbocycles. The van der Waals surface area contributed by atoms with Gasteiger partial charge in [0.2, 0.25) is 5.91 Å². The summed E-state index contributed by atoms with van der Waals surface area (Å²) in [4.78, 5) is 28.6. The largest absolute Gasteiger partial charge is 0.349 e. The van der Waals surface area contributed by atoms with Crippen molar-refractivity contribution < 1.29 is 9.59 Å². The van der Waals surface area contributed by atoms with Gasteiger partial charge in [-0.1, -0.05) is 12.5 Å². The van der Waals surface area contributed by atoms with Crippen LogP contribution in [0.1, 0.15) is 50.6 Å². The van der Waals surface area contributed by atoms with Gasteiger partial charge < -0.3 is 5.32 Å². The average molecular weight is 286 g/mol. The number of carbonyl (C=O) groups is 2. The molecule has 1 aromatic rings. The molecule has 1 amide bonds. The van der Waals surface area contributed by atoms with E-state index in [9.17, 15) is 9.59 Å². The Morgan fingerprint density at radius 3 is 2.67 bits per heavy atom. The second kappa shape index (κ2) is 5.96. The molecule has 1 aromatic heterocycles. The van der Waals surface area contributed by atoms with E-state index < -0.39 is 0 Å². The van der Waals surface area contributed by atoms with E-state index in [0.29, 0.717) is 5.78 Å². The maximum Gasteiger partial charge on any atom is 0.223 e. The molecular weight excluding hydrogens is 264 g/mol. The highest BCUT2D eigenvalue weighted by molar-refractivity contribution is 5.88. The van der Waals surface area contributed by atoms with E-state index in [2.05, 4.69) is 10.3 Å². The molecule has 3 rings (SSSR count). The molecule has 3 atom stereocenters. The fourth-order valence-corrected chi connectivity index (χ4v) is 3.74. The Morgan fingerprint density at radius 2 is 2.05 bits per heavy atom. The van der Waals surface area contributed by atoms with Crippen LogP contribution < -0.4 is 5.32 Å². The number of aromatic nitrogens is 1. The monoisotopic (exact) mass is 286 g/mol. The first-order valence-electron chi connectivity index (χ1n) is 7.89. The van der Waals surface area contributed by atoms with Crippen molar-refractivity contribution in [2.45, 2.75) is 45.1 Å². The van der Waals surface area contributed by atoms with E-state index in [-0.39, 0.29) is 29.7 Å². The molecule has 0 saturated heterocycles. The van der Waals surface area contributed by atoms with Gasteiger partial charge in [0.1, 0.15) is 5.78 Å². The maximum absolute atomic E-state index is 12.5. The molecule has 0 spiro atoms. The molecule has 4 heteroatoms. The predicted molar refractivity (Wildman–Crippen MR) is 79.4 cm³/mol. The highest BCUT2D eigenvalue weighted by Gasteiger charge is 2.41. The molecule has 2 fully saturated rings. The minimum absolute atomic E-state index is 0.00267. The third-order valence-electron chi connectivity index (χ3n) is 4.96. The Labute approximate surface area is 125 Å². The summed E-state index contributed by atoms with van der Waals surface area (Å²) in [7, 11) is 0. The molecule has 21 heavy (non-hydrogen) atoms. The van der Waals surface area contributed by atoms with Gasteiger partial charge in [-0.25, -0.2) is 0 Å². The summed E-state index contributed by atoms with van der Waals surface area (Å²) in [5.41, 5.74) is 1.01. The number of amides is 1. The number of carbonyl (C=O) groups excluding carboxylic acids is 2. The van der Waals surface area contributed by atoms with E-state index in [1.807, 2.05) is 19.1 Å². The van der Waals surface area contributed by atoms with Gasteiger partial charge in [-0.15, -0.1) is 0 Å². The number of fused-ring (bicyclic) bond motifs is 2. The quantitative estimate of drug-likeness (QED) is 0.929. The normalized spacial score (nSPS) is 29.8. The number of rotatable bonds is 3. The number of nitrogens with one attached hydrogen (secondary N) is 1. The van der Waals surface area contributed by atoms with Crippen molar-refractivity contribution in [3.05, 3.63) is 30.1 Å². The van der Waals surface area contributed by atoms with Crippen LogP contribution in [0.25, 0.3) is 0 Å². The van der Waals surface area contributed by atoms with Crippen LogP contribution in [-0.4, -0.2) is 16.7 Å². The molecule has 2 bridgehead atoms. The number of Topliss-reactive ketones (excluding diaryl/α,β-unsaturated/α-hetero) is 1. The second-order valence-electron chi connectivity index (χ2n) is 6.41. The summed E-state index contributed by atoms with van der Waals surface area (Å²) >= 11 is 0. The first-order valence-corrected chi connectivity index (χ1v) is 7.89. The molecule has 4 nitrogen and oxygen atoms in total. The number of pyridine rings is 1. The molecule has 1 heterocycles. The summed E-state index contributed by atoms with van der Waals surface area (Å²) < 4.78 is 0. The van der Waals surface area contributed by atoms with Crippen LogP contribution in [-0.2, 0) is 9.59 Å². The van der Waals surface area contributed by atoms with Gasteiger partial charge in [-0.05, 0) is 44.2 Å². The minimum Gasteiger partial charge on any atom is -0.349 e. The molecule has 0 aliphatic heterocycles. The van der Waals surface area contributed by atoms with E-state index in [4.69, 9.17) is 0 Å². The van der Waals surface area contributed by atoms with Crippen molar-refractivity contribution in [2.75, 3.05) is 0 Å². The second-order valence-corrected chi connectivity index (χ2v) is 6.41. The van der Waals surface area contributed by atoms with Crippen molar-refractivity contribution in [3.8, 4) is 0 Å². The third-order valence-corrected chi connectivity index (χ3v) is 4.96. The fraction of sp³-hybridized carbons (Fsp3) is 0.588. The van der Waals surface area contributed by atoms with Gasteiger partial charge in [0.05, 0.1) is 6.04 Å². The van der Waals surface area contributed by atoms with E-state index in [0.717, 1.165) is 37.7 Å². The molecular formula is C17H22N2O2. The van der Waals surface area contributed by atoms with Crippen molar-refractivity contribution >= 4 is 11.7 Å². The first-order chi connectivity index (χ1) is 10.1. The van der Waals surface area contributed by atoms with Gasteiger partial charge in [0.15, 0.2) is 0 Å². The zero-order valence-electron chi connectivity index (χ0n) is 12.4. The third kappa shape index (κ3) is 2.99. The zero-order chi connectivity index (χ0) is 14.8. The summed E-state index contributed by atoms with van der Waals surface area (Å²) in [5.74, 6) is 0.752. The molecule has 2 aliphatic carbocycles.